The van der Waals surface area contributed by atoms with Crippen molar-refractivity contribution in [1.29, 1.82) is 0 Å². The number of hydrogen-bond acceptors (Lipinski definition) is 7. The van der Waals surface area contributed by atoms with Crippen molar-refractivity contribution in [2.75, 3.05) is 19.0 Å². The molecule has 0 saturated carbocycles. The molecule has 2 aromatic carbocycles. The van der Waals surface area contributed by atoms with Crippen molar-refractivity contribution in [3.05, 3.63) is 48.5 Å². The standard InChI is InChI=1S/C22H24F3NO7S/c23-22(24,25)33-19-3-1-17(2-4-19)32-18-5-7-20(8-6-18)34(29,30)14-16(21(27)26-28)13-15-9-11-31-12-10-15/h1-8,15-16,28H,9-14H2,(H,26,27). The van der Waals surface area contributed by atoms with Crippen LogP contribution in [0.1, 0.15) is 19.3 Å². The molecule has 0 aliphatic carbocycles. The molecule has 8 nitrogen and oxygen atoms in total. The number of benzene rings is 2. The Morgan fingerprint density at radius 1 is 1.03 bits per heavy atom. The van der Waals surface area contributed by atoms with Crippen LogP contribution in [0.25, 0.3) is 0 Å². The Balaban J connectivity index is 1.65. The van der Waals surface area contributed by atoms with Crippen molar-refractivity contribution in [3.8, 4) is 17.2 Å². The fraction of sp³-hybridized carbons (Fsp3) is 0.409. The summed E-state index contributed by atoms with van der Waals surface area (Å²) in [6.45, 7) is 1.09. The molecule has 1 amide bonds. The summed E-state index contributed by atoms with van der Waals surface area (Å²) < 4.78 is 77.1. The van der Waals surface area contributed by atoms with Gasteiger partial charge in [-0.1, -0.05) is 0 Å². The highest BCUT2D eigenvalue weighted by molar-refractivity contribution is 7.91. The molecule has 1 heterocycles. The lowest BCUT2D eigenvalue weighted by Gasteiger charge is -2.25. The number of halogens is 3. The Hall–Kier alpha value is -2.83. The van der Waals surface area contributed by atoms with Crippen LogP contribution in [0.4, 0.5) is 13.2 Å². The monoisotopic (exact) mass is 503 g/mol. The normalized spacial score (nSPS) is 16.0. The summed E-state index contributed by atoms with van der Waals surface area (Å²) in [4.78, 5) is 12.1. The molecule has 0 aromatic heterocycles. The van der Waals surface area contributed by atoms with Crippen LogP contribution in [0.3, 0.4) is 0 Å². The third-order valence-electron chi connectivity index (χ3n) is 5.34. The molecule has 0 bridgehead atoms. The number of ether oxygens (including phenoxy) is 3. The molecular weight excluding hydrogens is 479 g/mol. The van der Waals surface area contributed by atoms with Crippen LogP contribution < -0.4 is 15.0 Å². The molecule has 1 fully saturated rings. The first-order valence-electron chi connectivity index (χ1n) is 10.4. The van der Waals surface area contributed by atoms with Gasteiger partial charge in [0.2, 0.25) is 5.91 Å². The molecule has 2 aromatic rings. The fourth-order valence-corrected chi connectivity index (χ4v) is 5.21. The Morgan fingerprint density at radius 2 is 1.56 bits per heavy atom. The average Bonchev–Trinajstić information content (AvgIpc) is 2.79. The van der Waals surface area contributed by atoms with Crippen LogP contribution in [0.5, 0.6) is 17.2 Å². The second-order valence-electron chi connectivity index (χ2n) is 7.84. The lowest BCUT2D eigenvalue weighted by atomic mass is 9.89. The van der Waals surface area contributed by atoms with Crippen molar-refractivity contribution < 1.29 is 45.8 Å². The summed E-state index contributed by atoms with van der Waals surface area (Å²) in [5.74, 6) is -1.95. The molecule has 1 saturated heterocycles. The number of carbonyl (C=O) groups is 1. The summed E-state index contributed by atoms with van der Waals surface area (Å²) in [6, 6.07) is 10.2. The van der Waals surface area contributed by atoms with Gasteiger partial charge in [0.05, 0.1) is 16.6 Å². The molecule has 1 aliphatic rings. The highest BCUT2D eigenvalue weighted by Crippen LogP contribution is 2.29. The van der Waals surface area contributed by atoms with Gasteiger partial charge in [0.25, 0.3) is 0 Å². The Labute approximate surface area is 194 Å². The number of nitrogens with one attached hydrogen (secondary N) is 1. The number of carbonyl (C=O) groups excluding carboxylic acids is 1. The highest BCUT2D eigenvalue weighted by Gasteiger charge is 2.31. The Morgan fingerprint density at radius 3 is 2.09 bits per heavy atom. The minimum absolute atomic E-state index is 0.0310. The van der Waals surface area contributed by atoms with Crippen LogP contribution in [0.15, 0.2) is 53.4 Å². The largest absolute Gasteiger partial charge is 0.573 e. The van der Waals surface area contributed by atoms with E-state index in [9.17, 15) is 26.4 Å². The molecule has 0 spiro atoms. The van der Waals surface area contributed by atoms with Gasteiger partial charge in [-0.05, 0) is 73.7 Å². The zero-order chi connectivity index (χ0) is 24.8. The zero-order valence-electron chi connectivity index (χ0n) is 18.0. The maximum atomic E-state index is 12.9. The third-order valence-corrected chi connectivity index (χ3v) is 7.17. The van der Waals surface area contributed by atoms with E-state index in [4.69, 9.17) is 14.7 Å². The van der Waals surface area contributed by atoms with Crippen LogP contribution in [0.2, 0.25) is 0 Å². The molecule has 12 heteroatoms. The summed E-state index contributed by atoms with van der Waals surface area (Å²) in [6.07, 6.45) is -3.06. The maximum Gasteiger partial charge on any atom is 0.573 e. The van der Waals surface area contributed by atoms with E-state index >= 15 is 0 Å². The van der Waals surface area contributed by atoms with Gasteiger partial charge in [-0.25, -0.2) is 13.9 Å². The molecular formula is C22H24F3NO7S. The van der Waals surface area contributed by atoms with Gasteiger partial charge in [-0.15, -0.1) is 13.2 Å². The number of alkyl halides is 3. The lowest BCUT2D eigenvalue weighted by Crippen LogP contribution is -2.35. The maximum absolute atomic E-state index is 12.9. The summed E-state index contributed by atoms with van der Waals surface area (Å²) in [5, 5.41) is 9.05. The first-order valence-corrected chi connectivity index (χ1v) is 12.1. The quantitative estimate of drug-likeness (QED) is 0.392. The molecule has 1 aliphatic heterocycles. The van der Waals surface area contributed by atoms with E-state index in [1.54, 1.807) is 5.48 Å². The molecule has 3 rings (SSSR count). The minimum Gasteiger partial charge on any atom is -0.457 e. The second-order valence-corrected chi connectivity index (χ2v) is 9.87. The van der Waals surface area contributed by atoms with E-state index in [1.165, 1.54) is 36.4 Å². The fourth-order valence-electron chi connectivity index (χ4n) is 3.65. The van der Waals surface area contributed by atoms with Crippen LogP contribution in [-0.2, 0) is 19.4 Å². The molecule has 2 N–H and O–H groups in total. The van der Waals surface area contributed by atoms with Crippen molar-refractivity contribution in [2.24, 2.45) is 11.8 Å². The Kier molecular flexibility index (Phi) is 8.39. The van der Waals surface area contributed by atoms with Crippen molar-refractivity contribution in [3.63, 3.8) is 0 Å². The van der Waals surface area contributed by atoms with Crippen molar-refractivity contribution >= 4 is 15.7 Å². The van der Waals surface area contributed by atoms with Gasteiger partial charge in [0.15, 0.2) is 9.84 Å². The predicted octanol–water partition coefficient (Wildman–Crippen LogP) is 4.09. The molecule has 34 heavy (non-hydrogen) atoms. The first kappa shape index (κ1) is 25.8. The summed E-state index contributed by atoms with van der Waals surface area (Å²) in [5.41, 5.74) is 1.56. The lowest BCUT2D eigenvalue weighted by molar-refractivity contribution is -0.274. The van der Waals surface area contributed by atoms with E-state index < -0.39 is 39.5 Å². The van der Waals surface area contributed by atoms with E-state index in [2.05, 4.69) is 4.74 Å². The Bertz CT molecular complexity index is 1050. The number of sulfone groups is 1. The highest BCUT2D eigenvalue weighted by atomic mass is 32.2. The molecule has 186 valence electrons. The van der Waals surface area contributed by atoms with Gasteiger partial charge in [-0.3, -0.25) is 10.0 Å². The zero-order valence-corrected chi connectivity index (χ0v) is 18.8. The third kappa shape index (κ3) is 7.61. The van der Waals surface area contributed by atoms with Gasteiger partial charge in [-0.2, -0.15) is 0 Å². The smallest absolute Gasteiger partial charge is 0.457 e. The number of rotatable bonds is 9. The van der Waals surface area contributed by atoms with E-state index in [-0.39, 0.29) is 22.3 Å². The van der Waals surface area contributed by atoms with Crippen LogP contribution >= 0.6 is 0 Å². The number of hydrogen-bond donors (Lipinski definition) is 2. The van der Waals surface area contributed by atoms with Crippen LogP contribution in [-0.4, -0.2) is 44.9 Å². The van der Waals surface area contributed by atoms with Gasteiger partial charge in [0, 0.05) is 13.2 Å². The van der Waals surface area contributed by atoms with E-state index in [0.29, 0.717) is 32.5 Å². The van der Waals surface area contributed by atoms with E-state index in [0.717, 1.165) is 12.1 Å². The van der Waals surface area contributed by atoms with Crippen LogP contribution in [0, 0.1) is 11.8 Å². The second kappa shape index (κ2) is 11.1. The first-order chi connectivity index (χ1) is 16.1. The SMILES string of the molecule is O=C(NO)C(CC1CCOCC1)CS(=O)(=O)c1ccc(Oc2ccc(OC(F)(F)F)cc2)cc1. The number of amides is 1. The molecule has 0 radical (unpaired) electrons. The van der Waals surface area contributed by atoms with Crippen molar-refractivity contribution in [2.45, 2.75) is 30.5 Å². The average molecular weight is 503 g/mol. The number of hydroxylamine groups is 1. The van der Waals surface area contributed by atoms with Gasteiger partial charge < -0.3 is 14.2 Å². The van der Waals surface area contributed by atoms with Crippen molar-refractivity contribution in [1.82, 2.24) is 5.48 Å². The summed E-state index contributed by atoms with van der Waals surface area (Å²) >= 11 is 0. The minimum atomic E-state index is -4.80. The summed E-state index contributed by atoms with van der Waals surface area (Å²) in [7, 11) is -3.86. The molecule has 1 unspecified atom stereocenters. The molecule has 1 atom stereocenters. The topological polar surface area (TPSA) is 111 Å². The van der Waals surface area contributed by atoms with Gasteiger partial charge >= 0.3 is 6.36 Å². The van der Waals surface area contributed by atoms with E-state index in [1.807, 2.05) is 0 Å². The van der Waals surface area contributed by atoms with Gasteiger partial charge in [0.1, 0.15) is 17.2 Å². The predicted molar refractivity (Wildman–Crippen MR) is 113 cm³/mol.